The van der Waals surface area contributed by atoms with E-state index in [1.54, 1.807) is 12.1 Å². The predicted octanol–water partition coefficient (Wildman–Crippen LogP) is 2.75. The van der Waals surface area contributed by atoms with Gasteiger partial charge in [-0.1, -0.05) is 12.1 Å². The molecule has 5 heteroatoms. The number of fused-ring (bicyclic) bond motifs is 1. The van der Waals surface area contributed by atoms with Crippen molar-refractivity contribution in [3.63, 3.8) is 0 Å². The largest absolute Gasteiger partial charge is 0.318 e. The molecule has 0 saturated heterocycles. The van der Waals surface area contributed by atoms with Crippen molar-refractivity contribution in [2.24, 2.45) is 0 Å². The zero-order valence-corrected chi connectivity index (χ0v) is 10.9. The monoisotopic (exact) mass is 271 g/mol. The summed E-state index contributed by atoms with van der Waals surface area (Å²) in [5.41, 5.74) is 2.36. The molecule has 0 spiro atoms. The van der Waals surface area contributed by atoms with Crippen molar-refractivity contribution in [3.8, 4) is 0 Å². The number of hydrogen-bond acceptors (Lipinski definition) is 3. The van der Waals surface area contributed by atoms with Gasteiger partial charge < -0.3 is 5.32 Å². The lowest BCUT2D eigenvalue weighted by Crippen LogP contribution is -2.20. The van der Waals surface area contributed by atoms with Gasteiger partial charge in [0.1, 0.15) is 17.8 Å². The first-order chi connectivity index (χ1) is 9.75. The molecule has 3 rings (SSSR count). The Hall–Kier alpha value is -2.30. The van der Waals surface area contributed by atoms with Gasteiger partial charge in [-0.05, 0) is 37.8 Å². The van der Waals surface area contributed by atoms with Gasteiger partial charge in [0, 0.05) is 11.3 Å². The standard InChI is InChI=1S/C15H14FN3O/c16-11-6-2-4-8-13(11)19-15(20)14-10-5-1-3-7-12(10)17-9-18-14/h2,4,6,8-9H,1,3,5,7H2,(H,19,20). The van der Waals surface area contributed by atoms with E-state index in [2.05, 4.69) is 15.3 Å². The van der Waals surface area contributed by atoms with Crippen LogP contribution in [0.1, 0.15) is 34.6 Å². The van der Waals surface area contributed by atoms with Crippen molar-refractivity contribution in [1.82, 2.24) is 9.97 Å². The summed E-state index contributed by atoms with van der Waals surface area (Å²) in [7, 11) is 0. The summed E-state index contributed by atoms with van der Waals surface area (Å²) in [4.78, 5) is 20.6. The number of nitrogens with zero attached hydrogens (tertiary/aromatic N) is 2. The minimum atomic E-state index is -0.455. The fourth-order valence-electron chi connectivity index (χ4n) is 2.46. The molecule has 0 radical (unpaired) electrons. The lowest BCUT2D eigenvalue weighted by atomic mass is 9.94. The van der Waals surface area contributed by atoms with Crippen LogP contribution in [0.15, 0.2) is 30.6 Å². The van der Waals surface area contributed by atoms with E-state index in [-0.39, 0.29) is 11.6 Å². The van der Waals surface area contributed by atoms with Crippen LogP contribution in [0.5, 0.6) is 0 Å². The summed E-state index contributed by atoms with van der Waals surface area (Å²) in [6, 6.07) is 6.09. The average molecular weight is 271 g/mol. The summed E-state index contributed by atoms with van der Waals surface area (Å²) in [6.07, 6.45) is 5.19. The normalized spacial score (nSPS) is 13.7. The Morgan fingerprint density at radius 2 is 1.95 bits per heavy atom. The molecule has 0 unspecified atom stereocenters. The molecule has 0 aliphatic heterocycles. The number of amides is 1. The second kappa shape index (κ2) is 5.36. The SMILES string of the molecule is O=C(Nc1ccccc1F)c1ncnc2c1CCCC2. The van der Waals surface area contributed by atoms with Crippen LogP contribution in [0.3, 0.4) is 0 Å². The van der Waals surface area contributed by atoms with Gasteiger partial charge in [0.2, 0.25) is 0 Å². The number of benzene rings is 1. The number of hydrogen-bond donors (Lipinski definition) is 1. The van der Waals surface area contributed by atoms with Crippen LogP contribution in [-0.4, -0.2) is 15.9 Å². The molecule has 0 atom stereocenters. The lowest BCUT2D eigenvalue weighted by molar-refractivity contribution is 0.102. The van der Waals surface area contributed by atoms with Crippen molar-refractivity contribution in [1.29, 1.82) is 0 Å². The molecule has 1 aliphatic carbocycles. The molecule has 1 aliphatic rings. The van der Waals surface area contributed by atoms with E-state index >= 15 is 0 Å². The first kappa shape index (κ1) is 12.7. The number of aromatic nitrogens is 2. The number of anilines is 1. The molecule has 0 bridgehead atoms. The summed E-state index contributed by atoms with van der Waals surface area (Å²) in [5.74, 6) is -0.834. The smallest absolute Gasteiger partial charge is 0.274 e. The summed E-state index contributed by atoms with van der Waals surface area (Å²) < 4.78 is 13.6. The summed E-state index contributed by atoms with van der Waals surface area (Å²) in [6.45, 7) is 0. The Bertz CT molecular complexity index is 657. The second-order valence-electron chi connectivity index (χ2n) is 4.79. The number of nitrogens with one attached hydrogen (secondary N) is 1. The molecule has 102 valence electrons. The molecule has 1 N–H and O–H groups in total. The zero-order chi connectivity index (χ0) is 13.9. The van der Waals surface area contributed by atoms with Crippen molar-refractivity contribution < 1.29 is 9.18 Å². The molecule has 1 heterocycles. The maximum absolute atomic E-state index is 13.6. The van der Waals surface area contributed by atoms with Crippen molar-refractivity contribution in [2.45, 2.75) is 25.7 Å². The Morgan fingerprint density at radius 1 is 1.15 bits per heavy atom. The van der Waals surface area contributed by atoms with Gasteiger partial charge >= 0.3 is 0 Å². The maximum atomic E-state index is 13.6. The number of carbonyl (C=O) groups is 1. The molecule has 2 aromatic rings. The van der Waals surface area contributed by atoms with Crippen LogP contribution in [-0.2, 0) is 12.8 Å². The van der Waals surface area contributed by atoms with Crippen molar-refractivity contribution in [2.75, 3.05) is 5.32 Å². The fourth-order valence-corrected chi connectivity index (χ4v) is 2.46. The second-order valence-corrected chi connectivity index (χ2v) is 4.79. The van der Waals surface area contributed by atoms with Gasteiger partial charge in [-0.2, -0.15) is 0 Å². The Labute approximate surface area is 116 Å². The van der Waals surface area contributed by atoms with Crippen LogP contribution < -0.4 is 5.32 Å². The molecular formula is C15H14FN3O. The molecule has 0 fully saturated rings. The minimum absolute atomic E-state index is 0.167. The first-order valence-corrected chi connectivity index (χ1v) is 6.64. The highest BCUT2D eigenvalue weighted by atomic mass is 19.1. The van der Waals surface area contributed by atoms with Crippen LogP contribution in [0.4, 0.5) is 10.1 Å². The van der Waals surface area contributed by atoms with E-state index in [0.717, 1.165) is 36.9 Å². The lowest BCUT2D eigenvalue weighted by Gasteiger charge is -2.16. The third-order valence-corrected chi connectivity index (χ3v) is 3.46. The first-order valence-electron chi connectivity index (χ1n) is 6.64. The Balaban J connectivity index is 1.90. The third kappa shape index (κ3) is 2.39. The minimum Gasteiger partial charge on any atom is -0.318 e. The highest BCUT2D eigenvalue weighted by molar-refractivity contribution is 6.04. The third-order valence-electron chi connectivity index (χ3n) is 3.46. The van der Waals surface area contributed by atoms with E-state index in [4.69, 9.17) is 0 Å². The molecule has 20 heavy (non-hydrogen) atoms. The molecule has 1 amide bonds. The van der Waals surface area contributed by atoms with Gasteiger partial charge in [0.25, 0.3) is 5.91 Å². The number of carbonyl (C=O) groups excluding carboxylic acids is 1. The van der Waals surface area contributed by atoms with Crippen molar-refractivity contribution in [3.05, 3.63) is 53.4 Å². The summed E-state index contributed by atoms with van der Waals surface area (Å²) >= 11 is 0. The van der Waals surface area contributed by atoms with Crippen LogP contribution in [0.25, 0.3) is 0 Å². The average Bonchev–Trinajstić information content (AvgIpc) is 2.49. The van der Waals surface area contributed by atoms with Crippen molar-refractivity contribution >= 4 is 11.6 Å². The number of halogens is 1. The topological polar surface area (TPSA) is 54.9 Å². The number of para-hydroxylation sites is 1. The van der Waals surface area contributed by atoms with Crippen LogP contribution >= 0.6 is 0 Å². The Kier molecular flexibility index (Phi) is 3.41. The quantitative estimate of drug-likeness (QED) is 0.913. The Morgan fingerprint density at radius 3 is 2.80 bits per heavy atom. The van der Waals surface area contributed by atoms with Crippen LogP contribution in [0, 0.1) is 5.82 Å². The molecule has 0 saturated carbocycles. The van der Waals surface area contributed by atoms with E-state index < -0.39 is 5.82 Å². The number of aryl methyl sites for hydroxylation is 1. The number of rotatable bonds is 2. The van der Waals surface area contributed by atoms with E-state index in [1.165, 1.54) is 18.5 Å². The highest BCUT2D eigenvalue weighted by Crippen LogP contribution is 2.22. The van der Waals surface area contributed by atoms with Gasteiger partial charge in [-0.3, -0.25) is 4.79 Å². The maximum Gasteiger partial charge on any atom is 0.274 e. The highest BCUT2D eigenvalue weighted by Gasteiger charge is 2.20. The van der Waals surface area contributed by atoms with Gasteiger partial charge in [0.15, 0.2) is 0 Å². The van der Waals surface area contributed by atoms with Crippen LogP contribution in [0.2, 0.25) is 0 Å². The molecule has 1 aromatic carbocycles. The molecule has 1 aromatic heterocycles. The van der Waals surface area contributed by atoms with Gasteiger partial charge in [-0.15, -0.1) is 0 Å². The van der Waals surface area contributed by atoms with Gasteiger partial charge in [0.05, 0.1) is 5.69 Å². The van der Waals surface area contributed by atoms with E-state index in [9.17, 15) is 9.18 Å². The van der Waals surface area contributed by atoms with Gasteiger partial charge in [-0.25, -0.2) is 14.4 Å². The molecule has 4 nitrogen and oxygen atoms in total. The van der Waals surface area contributed by atoms with E-state index in [0.29, 0.717) is 5.69 Å². The zero-order valence-electron chi connectivity index (χ0n) is 10.9. The predicted molar refractivity (Wildman–Crippen MR) is 73.0 cm³/mol. The molecular weight excluding hydrogens is 257 g/mol. The van der Waals surface area contributed by atoms with E-state index in [1.807, 2.05) is 0 Å². The fraction of sp³-hybridized carbons (Fsp3) is 0.267. The summed E-state index contributed by atoms with van der Waals surface area (Å²) in [5, 5.41) is 2.57.